The molecule has 106 valence electrons. The summed E-state index contributed by atoms with van der Waals surface area (Å²) in [5.74, 6) is 0.902. The van der Waals surface area contributed by atoms with Crippen molar-refractivity contribution in [2.75, 3.05) is 12.8 Å². The quantitative estimate of drug-likeness (QED) is 0.575. The van der Waals surface area contributed by atoms with Gasteiger partial charge in [-0.05, 0) is 35.5 Å². The number of aromatic nitrogens is 2. The van der Waals surface area contributed by atoms with Gasteiger partial charge >= 0.3 is 0 Å². The molecule has 3 rings (SSSR count). The molecule has 1 N–H and O–H groups in total. The standard InChI is InChI=1S/C17H17N3S/c1-18-16(12-21-17-19-9-4-10-20-17)15-8-7-13-5-2-3-6-14(13)11-15/h2-11,16,18H,12H2,1H3. The second-order valence-corrected chi connectivity index (χ2v) is 5.78. The van der Waals surface area contributed by atoms with Crippen molar-refractivity contribution >= 4 is 22.5 Å². The van der Waals surface area contributed by atoms with E-state index in [2.05, 4.69) is 57.7 Å². The number of benzene rings is 2. The maximum absolute atomic E-state index is 4.25. The van der Waals surface area contributed by atoms with E-state index in [9.17, 15) is 0 Å². The van der Waals surface area contributed by atoms with Crippen LogP contribution in [0, 0.1) is 0 Å². The highest BCUT2D eigenvalue weighted by Crippen LogP contribution is 2.24. The SMILES string of the molecule is CNC(CSc1ncccn1)c1ccc2ccccc2c1. The minimum atomic E-state index is 0.281. The van der Waals surface area contributed by atoms with Gasteiger partial charge in [-0.2, -0.15) is 0 Å². The Morgan fingerprint density at radius 3 is 2.52 bits per heavy atom. The van der Waals surface area contributed by atoms with Crippen molar-refractivity contribution in [1.82, 2.24) is 15.3 Å². The summed E-state index contributed by atoms with van der Waals surface area (Å²) in [4.78, 5) is 8.51. The fourth-order valence-corrected chi connectivity index (χ4v) is 3.23. The van der Waals surface area contributed by atoms with E-state index < -0.39 is 0 Å². The number of nitrogens with zero attached hydrogens (tertiary/aromatic N) is 2. The van der Waals surface area contributed by atoms with Crippen LogP contribution in [0.5, 0.6) is 0 Å². The Hall–Kier alpha value is -1.91. The zero-order valence-electron chi connectivity index (χ0n) is 11.9. The molecule has 2 aromatic carbocycles. The van der Waals surface area contributed by atoms with E-state index in [0.29, 0.717) is 0 Å². The molecule has 1 aromatic heterocycles. The molecule has 0 aliphatic heterocycles. The predicted octanol–water partition coefficient (Wildman–Crippen LogP) is 3.68. The molecule has 0 aliphatic carbocycles. The van der Waals surface area contributed by atoms with Gasteiger partial charge in [0.15, 0.2) is 5.16 Å². The van der Waals surface area contributed by atoms with Gasteiger partial charge in [0.25, 0.3) is 0 Å². The van der Waals surface area contributed by atoms with Crippen molar-refractivity contribution in [3.05, 3.63) is 66.5 Å². The van der Waals surface area contributed by atoms with E-state index in [1.54, 1.807) is 24.2 Å². The van der Waals surface area contributed by atoms with E-state index in [1.165, 1.54) is 16.3 Å². The number of hydrogen-bond acceptors (Lipinski definition) is 4. The lowest BCUT2D eigenvalue weighted by Crippen LogP contribution is -2.18. The van der Waals surface area contributed by atoms with Gasteiger partial charge in [0.05, 0.1) is 0 Å². The molecule has 0 bridgehead atoms. The van der Waals surface area contributed by atoms with Crippen LogP contribution < -0.4 is 5.32 Å². The minimum Gasteiger partial charge on any atom is -0.312 e. The van der Waals surface area contributed by atoms with Crippen LogP contribution in [0.3, 0.4) is 0 Å². The fourth-order valence-electron chi connectivity index (χ4n) is 2.29. The van der Waals surface area contributed by atoms with Gasteiger partial charge in [-0.3, -0.25) is 0 Å². The summed E-state index contributed by atoms with van der Waals surface area (Å²) in [6.07, 6.45) is 3.56. The normalized spacial score (nSPS) is 12.4. The van der Waals surface area contributed by atoms with Crippen LogP contribution in [-0.4, -0.2) is 22.8 Å². The predicted molar refractivity (Wildman–Crippen MR) is 88.5 cm³/mol. The number of fused-ring (bicyclic) bond motifs is 1. The van der Waals surface area contributed by atoms with E-state index in [4.69, 9.17) is 0 Å². The van der Waals surface area contributed by atoms with Crippen molar-refractivity contribution in [2.24, 2.45) is 0 Å². The Kier molecular flexibility index (Phi) is 4.48. The third-order valence-corrected chi connectivity index (χ3v) is 4.41. The molecule has 1 heterocycles. The Labute approximate surface area is 128 Å². The lowest BCUT2D eigenvalue weighted by molar-refractivity contribution is 0.661. The Balaban J connectivity index is 1.78. The first-order valence-corrected chi connectivity index (χ1v) is 7.91. The molecule has 0 saturated heterocycles. The Morgan fingerprint density at radius 1 is 1.00 bits per heavy atom. The molecular formula is C17H17N3S. The summed E-state index contributed by atoms with van der Waals surface area (Å²) >= 11 is 1.67. The van der Waals surface area contributed by atoms with Gasteiger partial charge in [-0.1, -0.05) is 48.2 Å². The molecule has 1 atom stereocenters. The van der Waals surface area contributed by atoms with E-state index in [-0.39, 0.29) is 6.04 Å². The number of thioether (sulfide) groups is 1. The third-order valence-electron chi connectivity index (χ3n) is 3.45. The summed E-state index contributed by atoms with van der Waals surface area (Å²) in [6, 6.07) is 17.2. The van der Waals surface area contributed by atoms with Crippen LogP contribution in [0.2, 0.25) is 0 Å². The molecule has 0 radical (unpaired) electrons. The van der Waals surface area contributed by atoms with Gasteiger partial charge < -0.3 is 5.32 Å². The molecule has 3 aromatic rings. The first kappa shape index (κ1) is 14.0. The van der Waals surface area contributed by atoms with Gasteiger partial charge in [0.1, 0.15) is 0 Å². The van der Waals surface area contributed by atoms with Gasteiger partial charge in [-0.25, -0.2) is 9.97 Å². The van der Waals surface area contributed by atoms with Crippen molar-refractivity contribution < 1.29 is 0 Å². The van der Waals surface area contributed by atoms with Crippen molar-refractivity contribution in [3.8, 4) is 0 Å². The third kappa shape index (κ3) is 3.40. The van der Waals surface area contributed by atoms with Crippen LogP contribution in [0.4, 0.5) is 0 Å². The molecule has 4 heteroatoms. The first-order valence-electron chi connectivity index (χ1n) is 6.92. The number of nitrogens with one attached hydrogen (secondary N) is 1. The monoisotopic (exact) mass is 295 g/mol. The Morgan fingerprint density at radius 2 is 1.76 bits per heavy atom. The van der Waals surface area contributed by atoms with Gasteiger partial charge in [-0.15, -0.1) is 0 Å². The van der Waals surface area contributed by atoms with E-state index in [1.807, 2.05) is 13.1 Å². The van der Waals surface area contributed by atoms with Gasteiger partial charge in [0.2, 0.25) is 0 Å². The molecule has 0 amide bonds. The summed E-state index contributed by atoms with van der Waals surface area (Å²) in [6.45, 7) is 0. The molecule has 21 heavy (non-hydrogen) atoms. The van der Waals surface area contributed by atoms with E-state index in [0.717, 1.165) is 10.9 Å². The summed E-state index contributed by atoms with van der Waals surface area (Å²) in [7, 11) is 1.99. The lowest BCUT2D eigenvalue weighted by atomic mass is 10.0. The average Bonchev–Trinajstić information content (AvgIpc) is 2.56. The summed E-state index contributed by atoms with van der Waals surface area (Å²) in [5.41, 5.74) is 1.29. The van der Waals surface area contributed by atoms with Crippen LogP contribution in [0.25, 0.3) is 10.8 Å². The van der Waals surface area contributed by atoms with Crippen LogP contribution >= 0.6 is 11.8 Å². The van der Waals surface area contributed by atoms with Crippen LogP contribution in [0.15, 0.2) is 66.1 Å². The minimum absolute atomic E-state index is 0.281. The fraction of sp³-hybridized carbons (Fsp3) is 0.176. The second kappa shape index (κ2) is 6.70. The molecule has 3 nitrogen and oxygen atoms in total. The highest BCUT2D eigenvalue weighted by Gasteiger charge is 2.11. The molecular weight excluding hydrogens is 278 g/mol. The number of hydrogen-bond donors (Lipinski definition) is 1. The first-order chi connectivity index (χ1) is 10.4. The summed E-state index contributed by atoms with van der Waals surface area (Å²) in [5, 5.41) is 6.74. The molecule has 0 aliphatic rings. The molecule has 0 saturated carbocycles. The summed E-state index contributed by atoms with van der Waals surface area (Å²) < 4.78 is 0. The zero-order chi connectivity index (χ0) is 14.5. The van der Waals surface area contributed by atoms with E-state index >= 15 is 0 Å². The lowest BCUT2D eigenvalue weighted by Gasteiger charge is -2.16. The van der Waals surface area contributed by atoms with Crippen LogP contribution in [0.1, 0.15) is 11.6 Å². The molecule has 0 fully saturated rings. The van der Waals surface area contributed by atoms with Gasteiger partial charge in [0, 0.05) is 24.2 Å². The zero-order valence-corrected chi connectivity index (χ0v) is 12.7. The maximum Gasteiger partial charge on any atom is 0.187 e. The molecule has 1 unspecified atom stereocenters. The largest absolute Gasteiger partial charge is 0.312 e. The van der Waals surface area contributed by atoms with Crippen molar-refractivity contribution in [3.63, 3.8) is 0 Å². The maximum atomic E-state index is 4.25. The highest BCUT2D eigenvalue weighted by atomic mass is 32.2. The smallest absolute Gasteiger partial charge is 0.187 e. The van der Waals surface area contributed by atoms with Crippen LogP contribution in [-0.2, 0) is 0 Å². The van der Waals surface area contributed by atoms with Crippen molar-refractivity contribution in [1.29, 1.82) is 0 Å². The number of rotatable bonds is 5. The van der Waals surface area contributed by atoms with Crippen molar-refractivity contribution in [2.45, 2.75) is 11.2 Å². The second-order valence-electron chi connectivity index (χ2n) is 4.79. The average molecular weight is 295 g/mol. The topological polar surface area (TPSA) is 37.8 Å². The Bertz CT molecular complexity index is 715. The molecule has 0 spiro atoms. The highest BCUT2D eigenvalue weighted by molar-refractivity contribution is 7.99.